The average molecular weight is 285 g/mol. The number of aliphatic hydroxyl groups is 1. The van der Waals surface area contributed by atoms with Crippen LogP contribution in [-0.2, 0) is 0 Å². The number of rotatable bonds is 4. The van der Waals surface area contributed by atoms with Gasteiger partial charge in [-0.25, -0.2) is 0 Å². The fourth-order valence-electron chi connectivity index (χ4n) is 2.33. The van der Waals surface area contributed by atoms with Crippen molar-refractivity contribution in [3.63, 3.8) is 0 Å². The summed E-state index contributed by atoms with van der Waals surface area (Å²) in [6.45, 7) is 5.76. The number of benzene rings is 2. The number of phenolic OH excluding ortho intramolecular Hbond substituents is 1. The van der Waals surface area contributed by atoms with Gasteiger partial charge in [0.05, 0.1) is 6.10 Å². The maximum Gasteiger partial charge on any atom is 0.118 e. The van der Waals surface area contributed by atoms with Crippen LogP contribution >= 0.6 is 0 Å². The summed E-state index contributed by atoms with van der Waals surface area (Å²) in [7, 11) is 0. The first-order valence-corrected chi connectivity index (χ1v) is 7.09. The Kier molecular flexibility index (Phi) is 4.66. The molecule has 0 aliphatic carbocycles. The highest BCUT2D eigenvalue weighted by molar-refractivity contribution is 5.36. The van der Waals surface area contributed by atoms with Crippen molar-refractivity contribution in [2.75, 3.05) is 0 Å². The molecule has 3 nitrogen and oxygen atoms in total. The first kappa shape index (κ1) is 15.5. The minimum atomic E-state index is -1.01. The van der Waals surface area contributed by atoms with E-state index in [-0.39, 0.29) is 12.2 Å². The Bertz CT molecular complexity index is 579. The monoisotopic (exact) mass is 285 g/mol. The van der Waals surface area contributed by atoms with Gasteiger partial charge in [0.2, 0.25) is 0 Å². The molecule has 0 heterocycles. The van der Waals surface area contributed by atoms with Crippen LogP contribution in [0.1, 0.15) is 46.4 Å². The quantitative estimate of drug-likeness (QED) is 0.908. The van der Waals surface area contributed by atoms with E-state index in [1.807, 2.05) is 32.0 Å². The minimum absolute atomic E-state index is 0.118. The molecule has 0 aliphatic heterocycles. The molecule has 2 rings (SSSR count). The van der Waals surface area contributed by atoms with Gasteiger partial charge in [-0.05, 0) is 55.5 Å². The Balaban J connectivity index is 2.12. The third-order valence-electron chi connectivity index (χ3n) is 3.95. The van der Waals surface area contributed by atoms with E-state index >= 15 is 0 Å². The van der Waals surface area contributed by atoms with E-state index < -0.39 is 12.2 Å². The molecule has 0 aliphatic rings. The normalized spacial score (nSPS) is 14.0. The smallest absolute Gasteiger partial charge is 0.118 e. The molecule has 3 heteroatoms. The number of aromatic hydroxyl groups is 1. The molecule has 2 N–H and O–H groups in total. The van der Waals surface area contributed by atoms with Gasteiger partial charge in [-0.1, -0.05) is 42.0 Å². The number of aryl methyl sites for hydroxylation is 3. The van der Waals surface area contributed by atoms with Crippen LogP contribution in [0.25, 0.3) is 0 Å². The fraction of sp³-hybridized carbons (Fsp3) is 0.333. The van der Waals surface area contributed by atoms with Crippen molar-refractivity contribution in [2.45, 2.75) is 39.4 Å². The van der Waals surface area contributed by atoms with E-state index in [2.05, 4.69) is 0 Å². The largest absolute Gasteiger partial charge is 0.848 e. The Hall–Kier alpha value is -1.84. The van der Waals surface area contributed by atoms with Crippen molar-refractivity contribution in [2.24, 2.45) is 0 Å². The summed E-state index contributed by atoms with van der Waals surface area (Å²) in [5, 5.41) is 32.0. The van der Waals surface area contributed by atoms with E-state index in [0.29, 0.717) is 11.1 Å². The van der Waals surface area contributed by atoms with Crippen LogP contribution in [0.4, 0.5) is 0 Å². The molecule has 112 valence electrons. The Morgan fingerprint density at radius 1 is 0.905 bits per heavy atom. The molecule has 0 bridgehead atoms. The molecule has 0 fully saturated rings. The van der Waals surface area contributed by atoms with Gasteiger partial charge in [0.15, 0.2) is 0 Å². The predicted octanol–water partition coefficient (Wildman–Crippen LogP) is 2.84. The average Bonchev–Trinajstić information content (AvgIpc) is 2.44. The topological polar surface area (TPSA) is 63.5 Å². The molecular formula is C18H21O3-. The van der Waals surface area contributed by atoms with Crippen molar-refractivity contribution in [1.82, 2.24) is 0 Å². The molecule has 0 saturated heterocycles. The van der Waals surface area contributed by atoms with Gasteiger partial charge in [-0.2, -0.15) is 0 Å². The second-order valence-corrected chi connectivity index (χ2v) is 5.63. The molecule has 0 radical (unpaired) electrons. The van der Waals surface area contributed by atoms with Crippen LogP contribution in [0, 0.1) is 20.8 Å². The highest BCUT2D eigenvalue weighted by Crippen LogP contribution is 2.28. The number of aliphatic hydroxyl groups excluding tert-OH is 1. The van der Waals surface area contributed by atoms with E-state index in [1.54, 1.807) is 19.1 Å². The zero-order valence-electron chi connectivity index (χ0n) is 12.6. The van der Waals surface area contributed by atoms with Crippen molar-refractivity contribution in [3.05, 3.63) is 64.2 Å². The zero-order valence-corrected chi connectivity index (χ0v) is 12.6. The van der Waals surface area contributed by atoms with Gasteiger partial charge in [0, 0.05) is 0 Å². The first-order valence-electron chi connectivity index (χ1n) is 7.09. The molecule has 2 aromatic rings. The lowest BCUT2D eigenvalue weighted by Gasteiger charge is -2.26. The van der Waals surface area contributed by atoms with Gasteiger partial charge in [0.1, 0.15) is 5.75 Å². The van der Waals surface area contributed by atoms with Crippen LogP contribution < -0.4 is 5.11 Å². The Morgan fingerprint density at radius 2 is 1.52 bits per heavy atom. The highest BCUT2D eigenvalue weighted by atomic mass is 16.3. The summed E-state index contributed by atoms with van der Waals surface area (Å²) in [4.78, 5) is 0. The van der Waals surface area contributed by atoms with Crippen LogP contribution in [0.5, 0.6) is 5.75 Å². The van der Waals surface area contributed by atoms with Gasteiger partial charge in [-0.15, -0.1) is 0 Å². The second kappa shape index (κ2) is 6.29. The molecule has 2 aromatic carbocycles. The molecule has 21 heavy (non-hydrogen) atoms. The Morgan fingerprint density at radius 3 is 2.14 bits per heavy atom. The lowest BCUT2D eigenvalue weighted by Crippen LogP contribution is -2.18. The van der Waals surface area contributed by atoms with E-state index in [4.69, 9.17) is 0 Å². The predicted molar refractivity (Wildman–Crippen MR) is 81.1 cm³/mol. The standard InChI is InChI=1S/C18H21O3/c1-11-4-5-14(8-12(11)2)17(20)10-18(21)15-6-7-16(19)13(3)9-15/h4-9,17-20H,10H2,1-3H3/q-1. The minimum Gasteiger partial charge on any atom is -0.848 e. The highest BCUT2D eigenvalue weighted by Gasteiger charge is 2.11. The van der Waals surface area contributed by atoms with E-state index in [0.717, 1.165) is 11.1 Å². The Labute approximate surface area is 125 Å². The van der Waals surface area contributed by atoms with Gasteiger partial charge >= 0.3 is 0 Å². The maximum absolute atomic E-state index is 12.3. The van der Waals surface area contributed by atoms with Crippen LogP contribution in [0.15, 0.2) is 36.4 Å². The zero-order chi connectivity index (χ0) is 15.6. The molecule has 0 amide bonds. The number of phenols is 1. The summed E-state index contributed by atoms with van der Waals surface area (Å²) in [5.74, 6) is 0.181. The lowest BCUT2D eigenvalue weighted by molar-refractivity contribution is -0.431. The summed E-state index contributed by atoms with van der Waals surface area (Å²) < 4.78 is 0. The van der Waals surface area contributed by atoms with Crippen molar-refractivity contribution >= 4 is 0 Å². The lowest BCUT2D eigenvalue weighted by atomic mass is 9.96. The summed E-state index contributed by atoms with van der Waals surface area (Å²) in [6.07, 6.45) is -1.67. The summed E-state index contributed by atoms with van der Waals surface area (Å²) in [5.41, 5.74) is 4.31. The summed E-state index contributed by atoms with van der Waals surface area (Å²) in [6, 6.07) is 10.6. The molecule has 2 unspecified atom stereocenters. The van der Waals surface area contributed by atoms with Gasteiger partial charge < -0.3 is 15.3 Å². The van der Waals surface area contributed by atoms with Crippen molar-refractivity contribution < 1.29 is 15.3 Å². The van der Waals surface area contributed by atoms with Crippen molar-refractivity contribution in [3.8, 4) is 5.75 Å². The molecule has 0 saturated carbocycles. The number of hydrogen-bond acceptors (Lipinski definition) is 3. The second-order valence-electron chi connectivity index (χ2n) is 5.63. The molecule has 0 spiro atoms. The molecule has 0 aromatic heterocycles. The first-order chi connectivity index (χ1) is 9.88. The van der Waals surface area contributed by atoms with E-state index in [9.17, 15) is 15.3 Å². The third-order valence-corrected chi connectivity index (χ3v) is 3.95. The number of hydrogen-bond donors (Lipinski definition) is 2. The van der Waals surface area contributed by atoms with Crippen LogP contribution in [0.2, 0.25) is 0 Å². The maximum atomic E-state index is 12.3. The van der Waals surface area contributed by atoms with Gasteiger partial charge in [0.25, 0.3) is 0 Å². The van der Waals surface area contributed by atoms with Gasteiger partial charge in [-0.3, -0.25) is 0 Å². The fourth-order valence-corrected chi connectivity index (χ4v) is 2.33. The SMILES string of the molecule is Cc1ccc(C(O)CC([O-])c2ccc(O)c(C)c2)cc1C. The van der Waals surface area contributed by atoms with Crippen LogP contribution in [-0.4, -0.2) is 10.2 Å². The van der Waals surface area contributed by atoms with Crippen LogP contribution in [0.3, 0.4) is 0 Å². The molecular weight excluding hydrogens is 264 g/mol. The van der Waals surface area contributed by atoms with E-state index in [1.165, 1.54) is 11.6 Å². The third kappa shape index (κ3) is 3.63. The summed E-state index contributed by atoms with van der Waals surface area (Å²) >= 11 is 0. The molecule has 2 atom stereocenters. The van der Waals surface area contributed by atoms with Crippen molar-refractivity contribution in [1.29, 1.82) is 0 Å².